The lowest BCUT2D eigenvalue weighted by molar-refractivity contribution is 0.966. The summed E-state index contributed by atoms with van der Waals surface area (Å²) in [4.78, 5) is 8.31. The van der Waals surface area contributed by atoms with E-state index in [2.05, 4.69) is 20.4 Å². The topological polar surface area (TPSA) is 55.1 Å². The molecule has 16 heavy (non-hydrogen) atoms. The van der Waals surface area contributed by atoms with E-state index in [4.69, 9.17) is 0 Å². The largest absolute Gasteiger partial charge is 0.325 e. The highest BCUT2D eigenvalue weighted by atomic mass is 15.3. The summed E-state index contributed by atoms with van der Waals surface area (Å²) in [7, 11) is 0. The van der Waals surface area contributed by atoms with Crippen LogP contribution in [0.3, 0.4) is 0 Å². The summed E-state index contributed by atoms with van der Waals surface area (Å²) in [6, 6.07) is 11.5. The first-order valence-electron chi connectivity index (χ1n) is 4.90. The Morgan fingerprint density at radius 2 is 2.00 bits per heavy atom. The molecule has 0 radical (unpaired) electrons. The maximum atomic E-state index is 4.19. The predicted octanol–water partition coefficient (Wildman–Crippen LogP) is 1.87. The van der Waals surface area contributed by atoms with E-state index >= 15 is 0 Å². The molecule has 0 aromatic carbocycles. The zero-order valence-electron chi connectivity index (χ0n) is 8.41. The summed E-state index contributed by atoms with van der Waals surface area (Å²) in [6.45, 7) is 0. The van der Waals surface area contributed by atoms with Crippen LogP contribution in [0.2, 0.25) is 0 Å². The lowest BCUT2D eigenvalue weighted by Gasteiger charge is -2.06. The molecule has 0 amide bonds. The average Bonchev–Trinajstić information content (AvgIpc) is 2.80. The first-order chi connectivity index (χ1) is 7.93. The SMILES string of the molecule is c1ccc(Nc2cccc3ncnn23)nc1. The molecular weight excluding hydrogens is 202 g/mol. The quantitative estimate of drug-likeness (QED) is 0.703. The van der Waals surface area contributed by atoms with Crippen molar-refractivity contribution in [3.63, 3.8) is 0 Å². The Morgan fingerprint density at radius 1 is 1.00 bits per heavy atom. The molecule has 0 saturated carbocycles. The Labute approximate surface area is 91.8 Å². The Balaban J connectivity index is 2.04. The van der Waals surface area contributed by atoms with E-state index in [1.807, 2.05) is 36.4 Å². The van der Waals surface area contributed by atoms with E-state index in [-0.39, 0.29) is 0 Å². The van der Waals surface area contributed by atoms with Gasteiger partial charge in [-0.05, 0) is 24.3 Å². The first kappa shape index (κ1) is 8.84. The third-order valence-corrected chi connectivity index (χ3v) is 2.22. The molecule has 5 nitrogen and oxygen atoms in total. The molecule has 0 aliphatic rings. The van der Waals surface area contributed by atoms with Gasteiger partial charge in [0.1, 0.15) is 18.0 Å². The number of rotatable bonds is 2. The van der Waals surface area contributed by atoms with Crippen molar-refractivity contribution >= 4 is 17.3 Å². The molecule has 78 valence electrons. The summed E-state index contributed by atoms with van der Waals surface area (Å²) in [6.07, 6.45) is 3.27. The van der Waals surface area contributed by atoms with Gasteiger partial charge in [-0.25, -0.2) is 9.97 Å². The summed E-state index contributed by atoms with van der Waals surface area (Å²) in [5, 5.41) is 7.31. The van der Waals surface area contributed by atoms with Crippen LogP contribution in [0.15, 0.2) is 48.9 Å². The van der Waals surface area contributed by atoms with Crippen molar-refractivity contribution in [2.24, 2.45) is 0 Å². The Bertz CT molecular complexity index is 602. The normalized spacial score (nSPS) is 10.5. The molecule has 0 aliphatic heterocycles. The minimum absolute atomic E-state index is 0.783. The van der Waals surface area contributed by atoms with E-state index < -0.39 is 0 Å². The highest BCUT2D eigenvalue weighted by Crippen LogP contribution is 2.14. The van der Waals surface area contributed by atoms with Gasteiger partial charge >= 0.3 is 0 Å². The number of nitrogens with one attached hydrogen (secondary N) is 1. The van der Waals surface area contributed by atoms with Crippen molar-refractivity contribution in [1.29, 1.82) is 0 Å². The number of nitrogens with zero attached hydrogens (tertiary/aromatic N) is 4. The van der Waals surface area contributed by atoms with Gasteiger partial charge in [0.05, 0.1) is 0 Å². The fourth-order valence-corrected chi connectivity index (χ4v) is 1.51. The van der Waals surface area contributed by atoms with Gasteiger partial charge in [-0.15, -0.1) is 0 Å². The lowest BCUT2D eigenvalue weighted by Crippen LogP contribution is -2.00. The van der Waals surface area contributed by atoms with Gasteiger partial charge in [-0.1, -0.05) is 12.1 Å². The van der Waals surface area contributed by atoms with Crippen LogP contribution in [0, 0.1) is 0 Å². The highest BCUT2D eigenvalue weighted by molar-refractivity contribution is 5.55. The highest BCUT2D eigenvalue weighted by Gasteiger charge is 2.01. The fraction of sp³-hybridized carbons (Fsp3) is 0. The van der Waals surface area contributed by atoms with Crippen molar-refractivity contribution in [1.82, 2.24) is 19.6 Å². The summed E-state index contributed by atoms with van der Waals surface area (Å²) < 4.78 is 1.73. The van der Waals surface area contributed by atoms with Crippen LogP contribution in [0.1, 0.15) is 0 Å². The monoisotopic (exact) mass is 211 g/mol. The molecule has 3 aromatic rings. The van der Waals surface area contributed by atoms with E-state index in [9.17, 15) is 0 Å². The van der Waals surface area contributed by atoms with E-state index in [1.165, 1.54) is 6.33 Å². The molecular formula is C11H9N5. The van der Waals surface area contributed by atoms with Crippen LogP contribution in [0.25, 0.3) is 5.65 Å². The molecule has 0 saturated heterocycles. The second kappa shape index (κ2) is 3.62. The van der Waals surface area contributed by atoms with E-state index in [0.29, 0.717) is 0 Å². The van der Waals surface area contributed by atoms with Crippen LogP contribution in [-0.2, 0) is 0 Å². The zero-order valence-corrected chi connectivity index (χ0v) is 8.41. The van der Waals surface area contributed by atoms with Crippen LogP contribution in [-0.4, -0.2) is 19.6 Å². The maximum absolute atomic E-state index is 4.19. The molecule has 3 rings (SSSR count). The van der Waals surface area contributed by atoms with Gasteiger partial charge in [0, 0.05) is 6.20 Å². The van der Waals surface area contributed by atoms with Crippen molar-refractivity contribution in [3.05, 3.63) is 48.9 Å². The lowest BCUT2D eigenvalue weighted by atomic mass is 10.4. The second-order valence-electron chi connectivity index (χ2n) is 3.28. The number of pyridine rings is 2. The third-order valence-electron chi connectivity index (χ3n) is 2.22. The third kappa shape index (κ3) is 1.48. The molecule has 0 bridgehead atoms. The number of aromatic nitrogens is 4. The minimum atomic E-state index is 0.783. The average molecular weight is 211 g/mol. The first-order valence-corrected chi connectivity index (χ1v) is 4.90. The molecule has 0 aliphatic carbocycles. The molecule has 0 spiro atoms. The van der Waals surface area contributed by atoms with Gasteiger partial charge < -0.3 is 5.32 Å². The summed E-state index contributed by atoms with van der Waals surface area (Å²) in [5.74, 6) is 1.62. The van der Waals surface area contributed by atoms with Crippen molar-refractivity contribution < 1.29 is 0 Å². The Kier molecular flexibility index (Phi) is 2.00. The van der Waals surface area contributed by atoms with Gasteiger partial charge in [-0.3, -0.25) is 0 Å². The molecule has 0 fully saturated rings. The molecule has 3 heterocycles. The standard InChI is InChI=1S/C11H9N5/c1-2-7-12-9(4-1)15-11-6-3-5-10-13-8-14-16(10)11/h1-8H,(H,12,15). The number of hydrogen-bond donors (Lipinski definition) is 1. The van der Waals surface area contributed by atoms with Gasteiger partial charge in [0.2, 0.25) is 0 Å². The number of fused-ring (bicyclic) bond motifs is 1. The number of hydrogen-bond acceptors (Lipinski definition) is 4. The molecule has 0 atom stereocenters. The second-order valence-corrected chi connectivity index (χ2v) is 3.28. The maximum Gasteiger partial charge on any atom is 0.157 e. The van der Waals surface area contributed by atoms with E-state index in [0.717, 1.165) is 17.3 Å². The van der Waals surface area contributed by atoms with Crippen LogP contribution in [0.5, 0.6) is 0 Å². The Hall–Kier alpha value is -2.43. The minimum Gasteiger partial charge on any atom is -0.325 e. The Morgan fingerprint density at radius 3 is 2.88 bits per heavy atom. The molecule has 3 aromatic heterocycles. The molecule has 0 unspecified atom stereocenters. The fourth-order valence-electron chi connectivity index (χ4n) is 1.51. The summed E-state index contributed by atoms with van der Waals surface area (Å²) in [5.41, 5.74) is 0.806. The van der Waals surface area contributed by atoms with Crippen LogP contribution < -0.4 is 5.32 Å². The van der Waals surface area contributed by atoms with Crippen LogP contribution >= 0.6 is 0 Å². The van der Waals surface area contributed by atoms with Crippen molar-refractivity contribution in [2.75, 3.05) is 5.32 Å². The van der Waals surface area contributed by atoms with Gasteiger partial charge in [0.25, 0.3) is 0 Å². The smallest absolute Gasteiger partial charge is 0.157 e. The molecule has 1 N–H and O–H groups in total. The van der Waals surface area contributed by atoms with Crippen LogP contribution in [0.4, 0.5) is 11.6 Å². The van der Waals surface area contributed by atoms with Crippen molar-refractivity contribution in [3.8, 4) is 0 Å². The predicted molar refractivity (Wildman–Crippen MR) is 60.5 cm³/mol. The van der Waals surface area contributed by atoms with Gasteiger partial charge in [-0.2, -0.15) is 9.61 Å². The molecule has 5 heteroatoms. The van der Waals surface area contributed by atoms with E-state index in [1.54, 1.807) is 10.7 Å². The van der Waals surface area contributed by atoms with Crippen molar-refractivity contribution in [2.45, 2.75) is 0 Å². The number of anilines is 2. The van der Waals surface area contributed by atoms with Gasteiger partial charge in [0.15, 0.2) is 5.65 Å². The zero-order chi connectivity index (χ0) is 10.8. The summed E-state index contributed by atoms with van der Waals surface area (Å²) >= 11 is 0.